The summed E-state index contributed by atoms with van der Waals surface area (Å²) in [6.45, 7) is 2.17. The van der Waals surface area contributed by atoms with E-state index < -0.39 is 0 Å². The minimum absolute atomic E-state index is 0.0384. The van der Waals surface area contributed by atoms with Crippen molar-refractivity contribution < 1.29 is 14.4 Å². The summed E-state index contributed by atoms with van der Waals surface area (Å²) in [7, 11) is 0. The second-order valence-corrected chi connectivity index (χ2v) is 5.94. The number of carbonyl (C=O) groups excluding carboxylic acids is 3. The van der Waals surface area contributed by atoms with Crippen LogP contribution >= 0.6 is 0 Å². The Bertz CT molecular complexity index is 771. The predicted octanol–water partition coefficient (Wildman–Crippen LogP) is 2.23. The van der Waals surface area contributed by atoms with Gasteiger partial charge in [-0.1, -0.05) is 42.5 Å². The fourth-order valence-electron chi connectivity index (χ4n) is 2.66. The molecule has 128 valence electrons. The van der Waals surface area contributed by atoms with Crippen LogP contribution < -0.4 is 10.6 Å². The van der Waals surface area contributed by atoms with Crippen LogP contribution in [0, 0.1) is 0 Å². The Morgan fingerprint density at radius 3 is 2.40 bits per heavy atom. The van der Waals surface area contributed by atoms with Crippen LogP contribution in [0.2, 0.25) is 0 Å². The first-order chi connectivity index (χ1) is 12.0. The van der Waals surface area contributed by atoms with Gasteiger partial charge >= 0.3 is 6.03 Å². The summed E-state index contributed by atoms with van der Waals surface area (Å²) in [5, 5.41) is 5.43. The Morgan fingerprint density at radius 2 is 1.80 bits per heavy atom. The molecule has 1 saturated heterocycles. The third-order valence-electron chi connectivity index (χ3n) is 4.14. The highest BCUT2D eigenvalue weighted by Crippen LogP contribution is 2.14. The molecule has 1 atom stereocenters. The Balaban J connectivity index is 1.62. The quantitative estimate of drug-likeness (QED) is 0.821. The number of hydrogen-bond acceptors (Lipinski definition) is 3. The Hall–Kier alpha value is -3.15. The molecule has 0 unspecified atom stereocenters. The third kappa shape index (κ3) is 3.85. The van der Waals surface area contributed by atoms with Crippen LogP contribution in [0.3, 0.4) is 0 Å². The van der Waals surface area contributed by atoms with E-state index >= 15 is 0 Å². The van der Waals surface area contributed by atoms with E-state index in [1.807, 2.05) is 37.3 Å². The van der Waals surface area contributed by atoms with E-state index in [4.69, 9.17) is 0 Å². The summed E-state index contributed by atoms with van der Waals surface area (Å²) in [5.41, 5.74) is 2.35. The van der Waals surface area contributed by atoms with Crippen molar-refractivity contribution in [2.24, 2.45) is 0 Å². The monoisotopic (exact) mass is 337 g/mol. The molecule has 3 rings (SSSR count). The smallest absolute Gasteiger partial charge is 0.324 e. The molecule has 0 saturated carbocycles. The van der Waals surface area contributed by atoms with Gasteiger partial charge in [0, 0.05) is 5.56 Å². The fraction of sp³-hybridized carbons (Fsp3) is 0.211. The highest BCUT2D eigenvalue weighted by atomic mass is 16.2. The van der Waals surface area contributed by atoms with Gasteiger partial charge in [0.25, 0.3) is 5.91 Å². The normalized spacial score (nSPS) is 15.0. The minimum atomic E-state index is -0.386. The molecule has 1 heterocycles. The largest absolute Gasteiger partial charge is 0.346 e. The maximum Gasteiger partial charge on any atom is 0.324 e. The second kappa shape index (κ2) is 7.17. The lowest BCUT2D eigenvalue weighted by molar-refractivity contribution is -0.125. The minimum Gasteiger partial charge on any atom is -0.346 e. The molecule has 25 heavy (non-hydrogen) atoms. The molecule has 2 aromatic carbocycles. The van der Waals surface area contributed by atoms with Crippen molar-refractivity contribution in [3.63, 3.8) is 0 Å². The van der Waals surface area contributed by atoms with Crippen molar-refractivity contribution in [2.75, 3.05) is 6.54 Å². The number of nitrogens with zero attached hydrogens (tertiary/aromatic N) is 1. The van der Waals surface area contributed by atoms with Crippen LogP contribution in [0.4, 0.5) is 4.79 Å². The Labute approximate surface area is 145 Å². The topological polar surface area (TPSA) is 78.5 Å². The molecule has 6 nitrogen and oxygen atoms in total. The highest BCUT2D eigenvalue weighted by molar-refractivity contribution is 6.01. The van der Waals surface area contributed by atoms with Crippen molar-refractivity contribution in [3.05, 3.63) is 71.3 Å². The second-order valence-electron chi connectivity index (χ2n) is 5.94. The molecular weight excluding hydrogens is 318 g/mol. The Morgan fingerprint density at radius 1 is 1.12 bits per heavy atom. The summed E-state index contributed by atoms with van der Waals surface area (Å²) >= 11 is 0. The van der Waals surface area contributed by atoms with Crippen LogP contribution in [0.1, 0.15) is 34.5 Å². The lowest BCUT2D eigenvalue weighted by atomic mass is 10.1. The van der Waals surface area contributed by atoms with Crippen LogP contribution in [-0.4, -0.2) is 29.3 Å². The lowest BCUT2D eigenvalue weighted by Crippen LogP contribution is -2.30. The molecule has 0 aromatic heterocycles. The first-order valence-corrected chi connectivity index (χ1v) is 8.07. The number of rotatable bonds is 5. The van der Waals surface area contributed by atoms with Gasteiger partial charge in [0.1, 0.15) is 0 Å². The van der Waals surface area contributed by atoms with E-state index in [0.29, 0.717) is 5.56 Å². The van der Waals surface area contributed by atoms with Crippen molar-refractivity contribution >= 4 is 17.8 Å². The maximum absolute atomic E-state index is 12.3. The first kappa shape index (κ1) is 16.7. The van der Waals surface area contributed by atoms with Crippen LogP contribution in [0.5, 0.6) is 0 Å². The van der Waals surface area contributed by atoms with Gasteiger partial charge < -0.3 is 10.6 Å². The molecule has 1 fully saturated rings. The zero-order chi connectivity index (χ0) is 17.8. The number of amides is 4. The van der Waals surface area contributed by atoms with Gasteiger partial charge in [-0.2, -0.15) is 0 Å². The number of nitrogens with one attached hydrogen (secondary N) is 2. The van der Waals surface area contributed by atoms with Crippen LogP contribution in [0.15, 0.2) is 54.6 Å². The molecule has 0 bridgehead atoms. The van der Waals surface area contributed by atoms with Crippen LogP contribution in [-0.2, 0) is 11.3 Å². The third-order valence-corrected chi connectivity index (χ3v) is 4.14. The number of imide groups is 1. The standard InChI is InChI=1S/C19H19N3O3/c1-13(15-5-3-2-4-6-15)21-18(24)16-9-7-14(8-10-16)12-22-17(23)11-20-19(22)25/h2-10,13H,11-12H2,1H3,(H,20,25)(H,21,24)/t13-/m0/s1. The summed E-state index contributed by atoms with van der Waals surface area (Å²) in [6.07, 6.45) is 0. The van der Waals surface area contributed by atoms with Gasteiger partial charge in [-0.15, -0.1) is 0 Å². The number of hydrogen-bond donors (Lipinski definition) is 2. The van der Waals surface area contributed by atoms with E-state index in [1.54, 1.807) is 24.3 Å². The molecule has 1 aliphatic rings. The summed E-state index contributed by atoms with van der Waals surface area (Å²) in [5.74, 6) is -0.415. The SMILES string of the molecule is C[C@H](NC(=O)c1ccc(CN2C(=O)CNC2=O)cc1)c1ccccc1. The van der Waals surface area contributed by atoms with Crippen molar-refractivity contribution in [2.45, 2.75) is 19.5 Å². The Kier molecular flexibility index (Phi) is 4.79. The fourth-order valence-corrected chi connectivity index (χ4v) is 2.66. The number of benzene rings is 2. The highest BCUT2D eigenvalue weighted by Gasteiger charge is 2.28. The number of urea groups is 1. The first-order valence-electron chi connectivity index (χ1n) is 8.07. The average Bonchev–Trinajstić information content (AvgIpc) is 2.95. The lowest BCUT2D eigenvalue weighted by Gasteiger charge is -2.15. The molecule has 0 spiro atoms. The van der Waals surface area contributed by atoms with E-state index in [2.05, 4.69) is 10.6 Å². The molecule has 1 aliphatic heterocycles. The van der Waals surface area contributed by atoms with Crippen LogP contribution in [0.25, 0.3) is 0 Å². The summed E-state index contributed by atoms with van der Waals surface area (Å²) in [4.78, 5) is 36.7. The van der Waals surface area contributed by atoms with Crippen molar-refractivity contribution in [1.29, 1.82) is 0 Å². The van der Waals surface area contributed by atoms with E-state index in [1.165, 1.54) is 0 Å². The van der Waals surface area contributed by atoms with Gasteiger partial charge in [-0.05, 0) is 30.2 Å². The van der Waals surface area contributed by atoms with Gasteiger partial charge in [-0.25, -0.2) is 4.79 Å². The van der Waals surface area contributed by atoms with Gasteiger partial charge in [-0.3, -0.25) is 14.5 Å². The molecule has 0 aliphatic carbocycles. The van der Waals surface area contributed by atoms with E-state index in [9.17, 15) is 14.4 Å². The zero-order valence-electron chi connectivity index (χ0n) is 13.9. The summed E-state index contributed by atoms with van der Waals surface area (Å²) < 4.78 is 0. The molecular formula is C19H19N3O3. The number of carbonyl (C=O) groups is 3. The zero-order valence-corrected chi connectivity index (χ0v) is 13.9. The maximum atomic E-state index is 12.3. The molecule has 2 aromatic rings. The van der Waals surface area contributed by atoms with Crippen molar-refractivity contribution in [1.82, 2.24) is 15.5 Å². The molecule has 0 radical (unpaired) electrons. The molecule has 6 heteroatoms. The molecule has 4 amide bonds. The predicted molar refractivity (Wildman–Crippen MR) is 92.7 cm³/mol. The van der Waals surface area contributed by atoms with Crippen molar-refractivity contribution in [3.8, 4) is 0 Å². The van der Waals surface area contributed by atoms with Gasteiger partial charge in [0.15, 0.2) is 0 Å². The van der Waals surface area contributed by atoms with Gasteiger partial charge in [0.05, 0.1) is 19.1 Å². The summed E-state index contributed by atoms with van der Waals surface area (Å²) in [6, 6.07) is 16.1. The van der Waals surface area contributed by atoms with Gasteiger partial charge in [0.2, 0.25) is 5.91 Å². The van der Waals surface area contributed by atoms with E-state index in [-0.39, 0.29) is 37.0 Å². The van der Waals surface area contributed by atoms with E-state index in [0.717, 1.165) is 16.0 Å². The molecule has 2 N–H and O–H groups in total. The average molecular weight is 337 g/mol.